The first-order chi connectivity index (χ1) is 20.1. The number of aromatic nitrogens is 1. The maximum Gasteiger partial charge on any atom is 0.255 e. The van der Waals surface area contributed by atoms with Gasteiger partial charge in [0.25, 0.3) is 11.5 Å². The second kappa shape index (κ2) is 12.7. The van der Waals surface area contributed by atoms with Gasteiger partial charge in [-0.2, -0.15) is 0 Å². The molecule has 2 aromatic rings. The predicted octanol–water partition coefficient (Wildman–Crippen LogP) is 4.59. The number of nitrogens with zero attached hydrogens (tertiary/aromatic N) is 3. The molecule has 1 aliphatic heterocycles. The summed E-state index contributed by atoms with van der Waals surface area (Å²) in [4.78, 5) is 43.6. The van der Waals surface area contributed by atoms with Gasteiger partial charge in [0.1, 0.15) is 0 Å². The van der Waals surface area contributed by atoms with Crippen molar-refractivity contribution in [3.8, 4) is 11.1 Å². The van der Waals surface area contributed by atoms with Crippen molar-refractivity contribution in [3.63, 3.8) is 0 Å². The summed E-state index contributed by atoms with van der Waals surface area (Å²) in [6.07, 6.45) is 13.5. The molecule has 2 saturated carbocycles. The molecule has 5 rings (SSSR count). The standard InChI is InChI=1S/C34H47N3O5/c1-35(2)32(41)29-21-37(31(40)20-28(29)27-13-10-26(22-38)11-14-27)24-34(42)18-19-36(23-33(34)16-6-7-17-33)30(39)15-12-25-8-4-3-5-9-25/h10-11,13-14,20-21,25,38,42H,3-9,12,15-19,22-24H2,1-2H3. The van der Waals surface area contributed by atoms with Crippen molar-refractivity contribution in [3.05, 3.63) is 58.0 Å². The summed E-state index contributed by atoms with van der Waals surface area (Å²) in [5, 5.41) is 21.7. The van der Waals surface area contributed by atoms with E-state index >= 15 is 0 Å². The number of aliphatic hydroxyl groups excluding tert-OH is 1. The Morgan fingerprint density at radius 2 is 1.69 bits per heavy atom. The molecule has 0 bridgehead atoms. The highest BCUT2D eigenvalue weighted by Crippen LogP contribution is 2.51. The Morgan fingerprint density at radius 1 is 1.00 bits per heavy atom. The zero-order chi connectivity index (χ0) is 29.9. The van der Waals surface area contributed by atoms with Crippen LogP contribution in [-0.2, 0) is 17.9 Å². The van der Waals surface area contributed by atoms with Gasteiger partial charge in [0.2, 0.25) is 5.91 Å². The van der Waals surface area contributed by atoms with Crippen molar-refractivity contribution in [2.45, 2.75) is 95.8 Å². The minimum Gasteiger partial charge on any atom is -0.392 e. The van der Waals surface area contributed by atoms with E-state index in [2.05, 4.69) is 0 Å². The van der Waals surface area contributed by atoms with E-state index in [9.17, 15) is 24.6 Å². The van der Waals surface area contributed by atoms with E-state index in [-0.39, 0.29) is 30.5 Å². The van der Waals surface area contributed by atoms with E-state index < -0.39 is 11.0 Å². The number of amides is 2. The molecule has 8 heteroatoms. The SMILES string of the molecule is CN(C)C(=O)c1cn(CC2(O)CCN(C(=O)CCC3CCCCC3)CC23CCCC3)c(=O)cc1-c1ccc(CO)cc1. The number of pyridine rings is 1. The lowest BCUT2D eigenvalue weighted by molar-refractivity contribution is -0.160. The third-order valence-electron chi connectivity index (χ3n) is 10.3. The number of piperidine rings is 1. The summed E-state index contributed by atoms with van der Waals surface area (Å²) in [6, 6.07) is 8.65. The molecule has 2 heterocycles. The molecule has 42 heavy (non-hydrogen) atoms. The highest BCUT2D eigenvalue weighted by Gasteiger charge is 2.55. The molecular weight excluding hydrogens is 530 g/mol. The van der Waals surface area contributed by atoms with E-state index in [1.165, 1.54) is 47.6 Å². The zero-order valence-corrected chi connectivity index (χ0v) is 25.3. The number of rotatable bonds is 8. The van der Waals surface area contributed by atoms with Gasteiger partial charge in [-0.3, -0.25) is 14.4 Å². The normalized spacial score (nSPS) is 22.4. The number of carbonyl (C=O) groups is 2. The van der Waals surface area contributed by atoms with Gasteiger partial charge < -0.3 is 24.6 Å². The predicted molar refractivity (Wildman–Crippen MR) is 163 cm³/mol. The molecule has 0 radical (unpaired) electrons. The quantitative estimate of drug-likeness (QED) is 0.478. The first-order valence-corrected chi connectivity index (χ1v) is 15.8. The van der Waals surface area contributed by atoms with Gasteiger partial charge in [-0.05, 0) is 42.7 Å². The summed E-state index contributed by atoms with van der Waals surface area (Å²) < 4.78 is 1.50. The number of aliphatic hydroxyl groups is 2. The number of carbonyl (C=O) groups excluding carboxylic acids is 2. The molecule has 2 N–H and O–H groups in total. The minimum absolute atomic E-state index is 0.0881. The third-order valence-corrected chi connectivity index (χ3v) is 10.3. The molecule has 1 aromatic heterocycles. The van der Waals surface area contributed by atoms with Gasteiger partial charge in [-0.1, -0.05) is 69.2 Å². The van der Waals surface area contributed by atoms with Gasteiger partial charge >= 0.3 is 0 Å². The van der Waals surface area contributed by atoms with Gasteiger partial charge in [0, 0.05) is 56.8 Å². The molecule has 1 unspecified atom stereocenters. The lowest BCUT2D eigenvalue weighted by atomic mass is 9.65. The zero-order valence-electron chi connectivity index (χ0n) is 25.3. The van der Waals surface area contributed by atoms with E-state index in [1.807, 2.05) is 4.90 Å². The second-order valence-electron chi connectivity index (χ2n) is 13.2. The van der Waals surface area contributed by atoms with Crippen LogP contribution in [0, 0.1) is 11.3 Å². The molecule has 1 aromatic carbocycles. The fourth-order valence-corrected chi connectivity index (χ4v) is 7.69. The largest absolute Gasteiger partial charge is 0.392 e. The van der Waals surface area contributed by atoms with Crippen LogP contribution in [0.25, 0.3) is 11.1 Å². The second-order valence-corrected chi connectivity index (χ2v) is 13.2. The van der Waals surface area contributed by atoms with Crippen LogP contribution < -0.4 is 5.56 Å². The molecule has 8 nitrogen and oxygen atoms in total. The molecular formula is C34H47N3O5. The first kappa shape index (κ1) is 30.5. The van der Waals surface area contributed by atoms with Crippen LogP contribution in [0.5, 0.6) is 0 Å². The lowest BCUT2D eigenvalue weighted by Crippen LogP contribution is -2.62. The summed E-state index contributed by atoms with van der Waals surface area (Å²) in [5.74, 6) is 0.624. The van der Waals surface area contributed by atoms with Crippen molar-refractivity contribution in [2.24, 2.45) is 11.3 Å². The van der Waals surface area contributed by atoms with Crippen LogP contribution in [0.4, 0.5) is 0 Å². The van der Waals surface area contributed by atoms with Crippen molar-refractivity contribution in [1.29, 1.82) is 0 Å². The van der Waals surface area contributed by atoms with E-state index in [4.69, 9.17) is 0 Å². The molecule has 228 valence electrons. The maximum absolute atomic E-state index is 13.5. The third kappa shape index (κ3) is 6.20. The van der Waals surface area contributed by atoms with E-state index in [1.54, 1.807) is 44.6 Å². The summed E-state index contributed by atoms with van der Waals surface area (Å²) in [5.41, 5.74) is 0.477. The Balaban J connectivity index is 1.39. The number of hydrogen-bond acceptors (Lipinski definition) is 5. The topological polar surface area (TPSA) is 103 Å². The Bertz CT molecular complexity index is 1320. The number of likely N-dealkylation sites (tertiary alicyclic amines) is 1. The van der Waals surface area contributed by atoms with Crippen molar-refractivity contribution < 1.29 is 19.8 Å². The lowest BCUT2D eigenvalue weighted by Gasteiger charge is -2.52. The summed E-state index contributed by atoms with van der Waals surface area (Å²) >= 11 is 0. The minimum atomic E-state index is -1.16. The van der Waals surface area contributed by atoms with E-state index in [0.29, 0.717) is 48.5 Å². The molecule has 2 amide bonds. The first-order valence-electron chi connectivity index (χ1n) is 15.8. The van der Waals surface area contributed by atoms with Gasteiger partial charge in [0.15, 0.2) is 0 Å². The van der Waals surface area contributed by atoms with E-state index in [0.717, 1.165) is 37.7 Å². The van der Waals surface area contributed by atoms with Crippen molar-refractivity contribution in [1.82, 2.24) is 14.4 Å². The Morgan fingerprint density at radius 3 is 2.33 bits per heavy atom. The number of hydrogen-bond donors (Lipinski definition) is 2. The fraction of sp³-hybridized carbons (Fsp3) is 0.618. The highest BCUT2D eigenvalue weighted by molar-refractivity contribution is 6.00. The summed E-state index contributed by atoms with van der Waals surface area (Å²) in [7, 11) is 3.36. The number of benzene rings is 1. The van der Waals surface area contributed by atoms with Crippen LogP contribution in [0.15, 0.2) is 41.3 Å². The summed E-state index contributed by atoms with van der Waals surface area (Å²) in [6.45, 7) is 1.01. The average Bonchev–Trinajstić information content (AvgIpc) is 3.48. The molecule has 3 fully saturated rings. The molecule has 1 spiro atoms. The van der Waals surface area contributed by atoms with Crippen LogP contribution in [0.2, 0.25) is 0 Å². The Labute approximate surface area is 249 Å². The molecule has 1 atom stereocenters. The molecule has 1 saturated heterocycles. The fourth-order valence-electron chi connectivity index (χ4n) is 7.69. The highest BCUT2D eigenvalue weighted by atomic mass is 16.3. The van der Waals surface area contributed by atoms with Gasteiger partial charge in [-0.15, -0.1) is 0 Å². The van der Waals surface area contributed by atoms with Crippen molar-refractivity contribution in [2.75, 3.05) is 27.2 Å². The van der Waals surface area contributed by atoms with Crippen LogP contribution in [-0.4, -0.2) is 69.2 Å². The monoisotopic (exact) mass is 577 g/mol. The maximum atomic E-state index is 13.5. The Hall–Kier alpha value is -2.97. The van der Waals surface area contributed by atoms with Crippen LogP contribution in [0.1, 0.15) is 93.0 Å². The average molecular weight is 578 g/mol. The van der Waals surface area contributed by atoms with Crippen molar-refractivity contribution >= 4 is 11.8 Å². The van der Waals surface area contributed by atoms with Crippen LogP contribution in [0.3, 0.4) is 0 Å². The van der Waals surface area contributed by atoms with Gasteiger partial charge in [0.05, 0.1) is 24.3 Å². The smallest absolute Gasteiger partial charge is 0.255 e. The molecule has 2 aliphatic carbocycles. The van der Waals surface area contributed by atoms with Gasteiger partial charge in [-0.25, -0.2) is 0 Å². The Kier molecular flexibility index (Phi) is 9.23. The molecule has 3 aliphatic rings. The van der Waals surface area contributed by atoms with Crippen LogP contribution >= 0.6 is 0 Å².